The molecule has 1 aliphatic rings. The van der Waals surface area contributed by atoms with Crippen LogP contribution in [0.2, 0.25) is 0 Å². The summed E-state index contributed by atoms with van der Waals surface area (Å²) in [6.07, 6.45) is 2.73. The monoisotopic (exact) mass is 228 g/mol. The van der Waals surface area contributed by atoms with Crippen LogP contribution in [0.15, 0.2) is 0 Å². The van der Waals surface area contributed by atoms with Gasteiger partial charge in [0.05, 0.1) is 5.60 Å². The molecule has 0 radical (unpaired) electrons. The molecule has 0 bridgehead atoms. The summed E-state index contributed by atoms with van der Waals surface area (Å²) in [5.41, 5.74) is 5.09. The van der Waals surface area contributed by atoms with Gasteiger partial charge < -0.3 is 15.7 Å². The van der Waals surface area contributed by atoms with Gasteiger partial charge in [-0.15, -0.1) is 0 Å². The van der Waals surface area contributed by atoms with Gasteiger partial charge in [0, 0.05) is 25.6 Å². The standard InChI is InChI=1S/C12H24N2O2/c1-4-14(8-12(2,3)16)11(15)7-10(13)9-5-6-9/h9-10,16H,4-8,13H2,1-3H3. The molecule has 0 aliphatic heterocycles. The molecule has 94 valence electrons. The fourth-order valence-corrected chi connectivity index (χ4v) is 1.87. The molecule has 0 aromatic heterocycles. The quantitative estimate of drug-likeness (QED) is 0.704. The second-order valence-electron chi connectivity index (χ2n) is 5.43. The van der Waals surface area contributed by atoms with Crippen LogP contribution < -0.4 is 5.73 Å². The third kappa shape index (κ3) is 4.49. The Labute approximate surface area is 97.8 Å². The molecule has 0 heterocycles. The first-order valence-electron chi connectivity index (χ1n) is 6.09. The minimum Gasteiger partial charge on any atom is -0.389 e. The summed E-state index contributed by atoms with van der Waals surface area (Å²) >= 11 is 0. The van der Waals surface area contributed by atoms with Gasteiger partial charge >= 0.3 is 0 Å². The number of carbonyl (C=O) groups is 1. The van der Waals surface area contributed by atoms with Gasteiger partial charge in [-0.1, -0.05) is 0 Å². The highest BCUT2D eigenvalue weighted by Crippen LogP contribution is 2.33. The van der Waals surface area contributed by atoms with Crippen molar-refractivity contribution in [1.29, 1.82) is 0 Å². The van der Waals surface area contributed by atoms with Crippen molar-refractivity contribution < 1.29 is 9.90 Å². The van der Waals surface area contributed by atoms with Gasteiger partial charge in [-0.2, -0.15) is 0 Å². The zero-order valence-electron chi connectivity index (χ0n) is 10.6. The molecule has 1 saturated carbocycles. The number of likely N-dealkylation sites (N-methyl/N-ethyl adjacent to an activating group) is 1. The Kier molecular flexibility index (Phi) is 4.33. The van der Waals surface area contributed by atoms with E-state index in [-0.39, 0.29) is 11.9 Å². The Hall–Kier alpha value is -0.610. The van der Waals surface area contributed by atoms with Crippen molar-refractivity contribution in [2.75, 3.05) is 13.1 Å². The van der Waals surface area contributed by atoms with Crippen molar-refractivity contribution in [2.24, 2.45) is 11.7 Å². The Morgan fingerprint density at radius 3 is 2.50 bits per heavy atom. The molecule has 16 heavy (non-hydrogen) atoms. The zero-order valence-corrected chi connectivity index (χ0v) is 10.6. The van der Waals surface area contributed by atoms with Crippen LogP contribution in [0.25, 0.3) is 0 Å². The number of aliphatic hydroxyl groups is 1. The first kappa shape index (κ1) is 13.5. The van der Waals surface area contributed by atoms with Crippen molar-refractivity contribution in [3.63, 3.8) is 0 Å². The van der Waals surface area contributed by atoms with E-state index in [0.29, 0.717) is 25.4 Å². The second-order valence-corrected chi connectivity index (χ2v) is 5.43. The fourth-order valence-electron chi connectivity index (χ4n) is 1.87. The zero-order chi connectivity index (χ0) is 12.3. The maximum atomic E-state index is 11.9. The molecule has 1 amide bonds. The van der Waals surface area contributed by atoms with Crippen LogP contribution in [0, 0.1) is 5.92 Å². The van der Waals surface area contributed by atoms with E-state index < -0.39 is 5.60 Å². The van der Waals surface area contributed by atoms with Crippen LogP contribution >= 0.6 is 0 Å². The minimum absolute atomic E-state index is 0.00311. The van der Waals surface area contributed by atoms with Gasteiger partial charge in [-0.25, -0.2) is 0 Å². The average Bonchev–Trinajstić information content (AvgIpc) is 2.95. The van der Waals surface area contributed by atoms with Crippen molar-refractivity contribution in [3.05, 3.63) is 0 Å². The van der Waals surface area contributed by atoms with E-state index >= 15 is 0 Å². The number of carbonyl (C=O) groups excluding carboxylic acids is 1. The van der Waals surface area contributed by atoms with Gasteiger partial charge in [0.25, 0.3) is 0 Å². The lowest BCUT2D eigenvalue weighted by Crippen LogP contribution is -2.44. The third-order valence-electron chi connectivity index (χ3n) is 2.95. The Bertz CT molecular complexity index is 244. The predicted molar refractivity (Wildman–Crippen MR) is 63.9 cm³/mol. The molecule has 0 spiro atoms. The van der Waals surface area contributed by atoms with E-state index in [1.165, 1.54) is 0 Å². The molecule has 1 rings (SSSR count). The smallest absolute Gasteiger partial charge is 0.224 e. The van der Waals surface area contributed by atoms with Crippen LogP contribution in [0.5, 0.6) is 0 Å². The molecule has 0 saturated heterocycles. The summed E-state index contributed by atoms with van der Waals surface area (Å²) in [7, 11) is 0. The Morgan fingerprint density at radius 1 is 1.56 bits per heavy atom. The molecule has 0 aromatic carbocycles. The molecule has 1 aliphatic carbocycles. The maximum absolute atomic E-state index is 11.9. The van der Waals surface area contributed by atoms with Gasteiger partial charge in [0.2, 0.25) is 5.91 Å². The van der Waals surface area contributed by atoms with Gasteiger partial charge in [-0.05, 0) is 39.5 Å². The van der Waals surface area contributed by atoms with Crippen molar-refractivity contribution in [3.8, 4) is 0 Å². The van der Waals surface area contributed by atoms with E-state index in [4.69, 9.17) is 5.73 Å². The lowest BCUT2D eigenvalue weighted by Gasteiger charge is -2.29. The third-order valence-corrected chi connectivity index (χ3v) is 2.95. The molecule has 1 unspecified atom stereocenters. The largest absolute Gasteiger partial charge is 0.389 e. The second kappa shape index (κ2) is 5.15. The summed E-state index contributed by atoms with van der Waals surface area (Å²) in [6.45, 7) is 6.35. The Balaban J connectivity index is 2.42. The summed E-state index contributed by atoms with van der Waals surface area (Å²) < 4.78 is 0. The molecule has 1 fully saturated rings. The minimum atomic E-state index is -0.838. The van der Waals surface area contributed by atoms with Gasteiger partial charge in [-0.3, -0.25) is 4.79 Å². The number of nitrogens with two attached hydrogens (primary N) is 1. The normalized spacial score (nSPS) is 18.3. The lowest BCUT2D eigenvalue weighted by molar-refractivity contribution is -0.134. The SMILES string of the molecule is CCN(CC(C)(C)O)C(=O)CC(N)C1CC1. The maximum Gasteiger partial charge on any atom is 0.224 e. The van der Waals surface area contributed by atoms with E-state index in [1.54, 1.807) is 18.7 Å². The fraction of sp³-hybridized carbons (Fsp3) is 0.917. The van der Waals surface area contributed by atoms with Crippen molar-refractivity contribution >= 4 is 5.91 Å². The number of hydrogen-bond acceptors (Lipinski definition) is 3. The summed E-state index contributed by atoms with van der Waals surface area (Å²) in [5, 5.41) is 9.70. The highest BCUT2D eigenvalue weighted by atomic mass is 16.3. The van der Waals surface area contributed by atoms with Crippen LogP contribution in [0.4, 0.5) is 0 Å². The van der Waals surface area contributed by atoms with Crippen LogP contribution in [-0.4, -0.2) is 40.6 Å². The predicted octanol–water partition coefficient (Wildman–Crippen LogP) is 0.733. The Morgan fingerprint density at radius 2 is 2.12 bits per heavy atom. The number of rotatable bonds is 6. The molecular weight excluding hydrogens is 204 g/mol. The molecule has 3 N–H and O–H groups in total. The van der Waals surface area contributed by atoms with E-state index in [1.807, 2.05) is 6.92 Å². The molecule has 4 heteroatoms. The highest BCUT2D eigenvalue weighted by molar-refractivity contribution is 5.77. The van der Waals surface area contributed by atoms with Crippen LogP contribution in [0.1, 0.15) is 40.0 Å². The van der Waals surface area contributed by atoms with E-state index in [9.17, 15) is 9.90 Å². The van der Waals surface area contributed by atoms with Gasteiger partial charge in [0.15, 0.2) is 0 Å². The average molecular weight is 228 g/mol. The lowest BCUT2D eigenvalue weighted by atomic mass is 10.1. The van der Waals surface area contributed by atoms with Crippen LogP contribution in [0.3, 0.4) is 0 Å². The van der Waals surface area contributed by atoms with E-state index in [0.717, 1.165) is 12.8 Å². The highest BCUT2D eigenvalue weighted by Gasteiger charge is 2.31. The van der Waals surface area contributed by atoms with Crippen LogP contribution in [-0.2, 0) is 4.79 Å². The van der Waals surface area contributed by atoms with Crippen molar-refractivity contribution in [1.82, 2.24) is 4.90 Å². The topological polar surface area (TPSA) is 66.6 Å². The molecule has 4 nitrogen and oxygen atoms in total. The van der Waals surface area contributed by atoms with E-state index in [2.05, 4.69) is 0 Å². The summed E-state index contributed by atoms with van der Waals surface area (Å²) in [6, 6.07) is 0.00311. The van der Waals surface area contributed by atoms with Crippen molar-refractivity contribution in [2.45, 2.75) is 51.7 Å². The number of hydrogen-bond donors (Lipinski definition) is 2. The molecular formula is C12H24N2O2. The number of nitrogens with zero attached hydrogens (tertiary/aromatic N) is 1. The summed E-state index contributed by atoms with van der Waals surface area (Å²) in [5.74, 6) is 0.605. The molecule has 1 atom stereocenters. The number of amides is 1. The first-order chi connectivity index (χ1) is 7.33. The first-order valence-corrected chi connectivity index (χ1v) is 6.09. The van der Waals surface area contributed by atoms with Gasteiger partial charge in [0.1, 0.15) is 0 Å². The molecule has 0 aromatic rings. The summed E-state index contributed by atoms with van der Waals surface area (Å²) in [4.78, 5) is 13.6.